The van der Waals surface area contributed by atoms with Crippen molar-refractivity contribution < 1.29 is 24.0 Å². The molecule has 0 saturated carbocycles. The molecule has 4 aromatic carbocycles. The molecule has 0 aliphatic rings. The number of thiazole rings is 1. The molecule has 0 aliphatic carbocycles. The number of rotatable bonds is 12. The van der Waals surface area contributed by atoms with Crippen LogP contribution >= 0.6 is 23.1 Å². The predicted octanol–water partition coefficient (Wildman–Crippen LogP) is 6.74. The van der Waals surface area contributed by atoms with Crippen LogP contribution in [0.5, 0.6) is 5.75 Å². The number of carbonyl (C=O) groups excluding carboxylic acids is 3. The van der Waals surface area contributed by atoms with Crippen LogP contribution < -0.4 is 20.7 Å². The summed E-state index contributed by atoms with van der Waals surface area (Å²) in [6, 6.07) is 26.5. The van der Waals surface area contributed by atoms with E-state index in [1.807, 2.05) is 25.1 Å². The van der Waals surface area contributed by atoms with E-state index in [9.17, 15) is 24.5 Å². The normalized spacial score (nSPS) is 11.1. The van der Waals surface area contributed by atoms with E-state index in [4.69, 9.17) is 4.74 Å². The first-order valence-electron chi connectivity index (χ1n) is 14.0. The number of fused-ring (bicyclic) bond motifs is 1. The van der Waals surface area contributed by atoms with E-state index >= 15 is 0 Å². The van der Waals surface area contributed by atoms with E-state index in [1.165, 1.54) is 53.4 Å². The van der Waals surface area contributed by atoms with Gasteiger partial charge in [0.25, 0.3) is 17.5 Å². The molecule has 1 heterocycles. The molecule has 0 spiro atoms. The molecule has 5 aromatic rings. The van der Waals surface area contributed by atoms with Gasteiger partial charge < -0.3 is 20.7 Å². The largest absolute Gasteiger partial charge is 0.494 e. The number of non-ortho nitro benzene ring substituents is 1. The zero-order valence-electron chi connectivity index (χ0n) is 24.4. The maximum Gasteiger partial charge on any atom is 0.272 e. The fourth-order valence-electron chi connectivity index (χ4n) is 4.15. The fraction of sp³-hybridized carbons (Fsp3) is 0.0909. The van der Waals surface area contributed by atoms with Gasteiger partial charge in [-0.25, -0.2) is 4.98 Å². The lowest BCUT2D eigenvalue weighted by molar-refractivity contribution is -0.384. The summed E-state index contributed by atoms with van der Waals surface area (Å²) in [6.45, 7) is 2.48. The Morgan fingerprint density at radius 1 is 0.957 bits per heavy atom. The Bertz CT molecular complexity index is 1910. The number of carbonyl (C=O) groups is 3. The second-order valence-electron chi connectivity index (χ2n) is 9.62. The van der Waals surface area contributed by atoms with Crippen LogP contribution in [-0.2, 0) is 9.59 Å². The summed E-state index contributed by atoms with van der Waals surface area (Å²) in [4.78, 5) is 54.5. The van der Waals surface area contributed by atoms with Crippen molar-refractivity contribution in [1.82, 2.24) is 10.3 Å². The number of anilines is 2. The Hall–Kier alpha value is -5.53. The van der Waals surface area contributed by atoms with Gasteiger partial charge in [0, 0.05) is 28.3 Å². The Balaban J connectivity index is 1.21. The predicted molar refractivity (Wildman–Crippen MR) is 180 cm³/mol. The Morgan fingerprint density at radius 2 is 1.70 bits per heavy atom. The van der Waals surface area contributed by atoms with Crippen molar-refractivity contribution in [2.24, 2.45) is 0 Å². The number of nitro benzene ring substituents is 1. The maximum absolute atomic E-state index is 13.3. The van der Waals surface area contributed by atoms with Crippen molar-refractivity contribution in [2.75, 3.05) is 23.0 Å². The van der Waals surface area contributed by atoms with E-state index in [1.54, 1.807) is 54.6 Å². The summed E-state index contributed by atoms with van der Waals surface area (Å²) in [7, 11) is 0. The van der Waals surface area contributed by atoms with Gasteiger partial charge in [0.05, 0.1) is 27.5 Å². The van der Waals surface area contributed by atoms with Gasteiger partial charge in [-0.15, -0.1) is 11.8 Å². The number of nitrogens with one attached hydrogen (secondary N) is 3. The minimum Gasteiger partial charge on any atom is -0.494 e. The van der Waals surface area contributed by atoms with E-state index in [-0.39, 0.29) is 23.0 Å². The zero-order chi connectivity index (χ0) is 32.5. The van der Waals surface area contributed by atoms with Gasteiger partial charge in [-0.2, -0.15) is 0 Å². The van der Waals surface area contributed by atoms with Gasteiger partial charge >= 0.3 is 0 Å². The van der Waals surface area contributed by atoms with E-state index in [2.05, 4.69) is 20.9 Å². The highest BCUT2D eigenvalue weighted by molar-refractivity contribution is 8.00. The molecule has 0 aliphatic heterocycles. The molecule has 1 aromatic heterocycles. The number of amides is 3. The van der Waals surface area contributed by atoms with Crippen molar-refractivity contribution in [2.45, 2.75) is 11.8 Å². The number of hydrogen-bond donors (Lipinski definition) is 3. The number of nitrogens with zero attached hydrogens (tertiary/aromatic N) is 2. The van der Waals surface area contributed by atoms with Crippen LogP contribution in [0.1, 0.15) is 22.8 Å². The fourth-order valence-corrected chi connectivity index (χ4v) is 5.76. The van der Waals surface area contributed by atoms with Crippen LogP contribution in [0, 0.1) is 10.1 Å². The third-order valence-electron chi connectivity index (χ3n) is 6.34. The summed E-state index contributed by atoms with van der Waals surface area (Å²) in [6.07, 6.45) is 1.44. The molecule has 11 nitrogen and oxygen atoms in total. The van der Waals surface area contributed by atoms with Gasteiger partial charge in [0.15, 0.2) is 5.13 Å². The molecule has 3 N–H and O–H groups in total. The Kier molecular flexibility index (Phi) is 10.4. The second kappa shape index (κ2) is 15.0. The van der Waals surface area contributed by atoms with E-state index in [0.29, 0.717) is 28.6 Å². The number of hydrogen-bond acceptors (Lipinski definition) is 9. The van der Waals surface area contributed by atoms with Crippen LogP contribution in [-0.4, -0.2) is 40.0 Å². The molecule has 5 rings (SSSR count). The minimum atomic E-state index is -0.591. The van der Waals surface area contributed by atoms with Crippen molar-refractivity contribution in [3.63, 3.8) is 0 Å². The standard InChI is InChI=1S/C33H27N5O6S2/c1-2-44-25-14-17-27-29(19-25)46-33(36-27)37-30(39)20-45-26-15-10-23(11-16-26)34-32(41)28(35-31(40)22-6-4-3-5-7-22)18-21-8-12-24(13-9-21)38(42)43/h3-19H,2,20H2,1H3,(H,34,41)(H,35,40)(H,36,37,39)/b28-18-. The number of ether oxygens (including phenoxy) is 1. The highest BCUT2D eigenvalue weighted by Crippen LogP contribution is 2.30. The molecular formula is C33H27N5O6S2. The third kappa shape index (κ3) is 8.55. The summed E-state index contributed by atoms with van der Waals surface area (Å²) < 4.78 is 6.44. The average Bonchev–Trinajstić information content (AvgIpc) is 3.46. The lowest BCUT2D eigenvalue weighted by atomic mass is 10.1. The highest BCUT2D eigenvalue weighted by atomic mass is 32.2. The lowest BCUT2D eigenvalue weighted by Crippen LogP contribution is -2.30. The van der Waals surface area contributed by atoms with Crippen LogP contribution in [0.25, 0.3) is 16.3 Å². The van der Waals surface area contributed by atoms with Crippen LogP contribution in [0.3, 0.4) is 0 Å². The summed E-state index contributed by atoms with van der Waals surface area (Å²) in [5.74, 6) is -0.386. The van der Waals surface area contributed by atoms with Crippen molar-refractivity contribution in [3.05, 3.63) is 124 Å². The topological polar surface area (TPSA) is 153 Å². The molecule has 0 unspecified atom stereocenters. The number of benzene rings is 4. The molecule has 232 valence electrons. The van der Waals surface area contributed by atoms with Gasteiger partial charge in [0.1, 0.15) is 11.4 Å². The number of nitro groups is 1. The highest BCUT2D eigenvalue weighted by Gasteiger charge is 2.16. The van der Waals surface area contributed by atoms with E-state index in [0.717, 1.165) is 20.9 Å². The molecule has 0 radical (unpaired) electrons. The zero-order valence-corrected chi connectivity index (χ0v) is 26.0. The van der Waals surface area contributed by atoms with Crippen LogP contribution in [0.15, 0.2) is 108 Å². The van der Waals surface area contributed by atoms with Crippen LogP contribution in [0.2, 0.25) is 0 Å². The second-order valence-corrected chi connectivity index (χ2v) is 11.7. The molecule has 0 fully saturated rings. The first-order valence-corrected chi connectivity index (χ1v) is 15.8. The molecule has 13 heteroatoms. The van der Waals surface area contributed by atoms with Gasteiger partial charge in [-0.3, -0.25) is 24.5 Å². The molecule has 46 heavy (non-hydrogen) atoms. The van der Waals surface area contributed by atoms with E-state index < -0.39 is 16.7 Å². The van der Waals surface area contributed by atoms with Crippen molar-refractivity contribution >= 4 is 73.6 Å². The first-order chi connectivity index (χ1) is 22.3. The number of aromatic nitrogens is 1. The smallest absolute Gasteiger partial charge is 0.272 e. The Morgan fingerprint density at radius 3 is 2.39 bits per heavy atom. The van der Waals surface area contributed by atoms with Crippen molar-refractivity contribution in [1.29, 1.82) is 0 Å². The van der Waals surface area contributed by atoms with Crippen molar-refractivity contribution in [3.8, 4) is 5.75 Å². The monoisotopic (exact) mass is 653 g/mol. The SMILES string of the molecule is CCOc1ccc2nc(NC(=O)CSc3ccc(NC(=O)/C(=C/c4ccc([N+](=O)[O-])cc4)NC(=O)c4ccccc4)cc3)sc2c1. The lowest BCUT2D eigenvalue weighted by Gasteiger charge is -2.12. The van der Waals surface area contributed by atoms with Gasteiger partial charge in [0.2, 0.25) is 5.91 Å². The summed E-state index contributed by atoms with van der Waals surface area (Å²) >= 11 is 2.70. The van der Waals surface area contributed by atoms with Crippen LogP contribution in [0.4, 0.5) is 16.5 Å². The molecule has 0 atom stereocenters. The summed E-state index contributed by atoms with van der Waals surface area (Å²) in [5.41, 5.74) is 1.92. The Labute approximate surface area is 271 Å². The average molecular weight is 654 g/mol. The number of thioether (sulfide) groups is 1. The molecule has 0 bridgehead atoms. The molecule has 3 amide bonds. The quantitative estimate of drug-likeness (QED) is 0.0579. The minimum absolute atomic E-state index is 0.0539. The van der Waals surface area contributed by atoms with Gasteiger partial charge in [-0.05, 0) is 85.3 Å². The molecular weight excluding hydrogens is 627 g/mol. The maximum atomic E-state index is 13.3. The summed E-state index contributed by atoms with van der Waals surface area (Å²) in [5, 5.41) is 19.8. The third-order valence-corrected chi connectivity index (χ3v) is 8.29. The van der Waals surface area contributed by atoms with Gasteiger partial charge in [-0.1, -0.05) is 29.5 Å². The first kappa shape index (κ1) is 31.9. The molecule has 0 saturated heterocycles.